The molecule has 0 spiro atoms. The molecule has 1 aliphatic heterocycles. The third kappa shape index (κ3) is 2.86. The summed E-state index contributed by atoms with van der Waals surface area (Å²) >= 11 is 0. The normalized spacial score (nSPS) is 18.7. The SMILES string of the molecule is Cc1ccnc(N2CCC[C@@H](n3cnc(C(N)=O)n3)C2)c1. The summed E-state index contributed by atoms with van der Waals surface area (Å²) in [6, 6.07) is 4.25. The molecule has 0 bridgehead atoms. The van der Waals surface area contributed by atoms with Crippen LogP contribution in [0.5, 0.6) is 0 Å². The van der Waals surface area contributed by atoms with Gasteiger partial charge in [0.2, 0.25) is 5.82 Å². The molecule has 0 saturated carbocycles. The minimum absolute atomic E-state index is 0.0702. The van der Waals surface area contributed by atoms with Crippen LogP contribution in [0.2, 0.25) is 0 Å². The Morgan fingerprint density at radius 1 is 1.43 bits per heavy atom. The van der Waals surface area contributed by atoms with Crippen molar-refractivity contribution in [3.63, 3.8) is 0 Å². The summed E-state index contributed by atoms with van der Waals surface area (Å²) in [5, 5.41) is 4.16. The molecule has 3 heterocycles. The van der Waals surface area contributed by atoms with E-state index in [4.69, 9.17) is 5.73 Å². The Morgan fingerprint density at radius 3 is 3.00 bits per heavy atom. The van der Waals surface area contributed by atoms with Crippen LogP contribution in [0, 0.1) is 6.92 Å². The highest BCUT2D eigenvalue weighted by atomic mass is 16.1. The zero-order valence-electron chi connectivity index (χ0n) is 11.9. The molecule has 21 heavy (non-hydrogen) atoms. The molecule has 2 aromatic rings. The van der Waals surface area contributed by atoms with Crippen LogP contribution in [0.25, 0.3) is 0 Å². The number of hydrogen-bond donors (Lipinski definition) is 1. The lowest BCUT2D eigenvalue weighted by atomic mass is 10.1. The predicted molar refractivity (Wildman–Crippen MR) is 78.0 cm³/mol. The van der Waals surface area contributed by atoms with Gasteiger partial charge in [-0.2, -0.15) is 0 Å². The van der Waals surface area contributed by atoms with E-state index in [1.165, 1.54) is 5.56 Å². The first-order chi connectivity index (χ1) is 10.1. The number of aromatic nitrogens is 4. The zero-order chi connectivity index (χ0) is 14.8. The Balaban J connectivity index is 1.77. The number of primary amides is 1. The molecule has 110 valence electrons. The van der Waals surface area contributed by atoms with Crippen LogP contribution in [0.3, 0.4) is 0 Å². The number of aryl methyl sites for hydroxylation is 1. The summed E-state index contributed by atoms with van der Waals surface area (Å²) in [6.07, 6.45) is 5.46. The molecule has 2 aromatic heterocycles. The van der Waals surface area contributed by atoms with Gasteiger partial charge in [0.1, 0.15) is 12.1 Å². The van der Waals surface area contributed by atoms with Crippen LogP contribution >= 0.6 is 0 Å². The molecule has 7 heteroatoms. The van der Waals surface area contributed by atoms with E-state index in [0.717, 1.165) is 31.7 Å². The predicted octanol–water partition coefficient (Wildman–Crippen LogP) is 0.922. The zero-order valence-corrected chi connectivity index (χ0v) is 11.9. The number of hydrogen-bond acceptors (Lipinski definition) is 5. The molecule has 3 rings (SSSR count). The Morgan fingerprint density at radius 2 is 2.29 bits per heavy atom. The van der Waals surface area contributed by atoms with Crippen LogP contribution in [-0.4, -0.2) is 38.7 Å². The van der Waals surface area contributed by atoms with Gasteiger partial charge in [-0.3, -0.25) is 4.79 Å². The van der Waals surface area contributed by atoms with Gasteiger partial charge in [-0.25, -0.2) is 14.6 Å². The molecule has 2 N–H and O–H groups in total. The summed E-state index contributed by atoms with van der Waals surface area (Å²) in [7, 11) is 0. The molecule has 0 unspecified atom stereocenters. The highest BCUT2D eigenvalue weighted by Crippen LogP contribution is 2.24. The fourth-order valence-electron chi connectivity index (χ4n) is 2.64. The molecule has 0 aliphatic carbocycles. The maximum Gasteiger partial charge on any atom is 0.288 e. The minimum Gasteiger partial charge on any atom is -0.363 e. The molecular formula is C14H18N6O. The first kappa shape index (κ1) is 13.5. The third-order valence-electron chi connectivity index (χ3n) is 3.72. The van der Waals surface area contributed by atoms with Crippen molar-refractivity contribution in [3.8, 4) is 0 Å². The number of anilines is 1. The molecule has 1 fully saturated rings. The van der Waals surface area contributed by atoms with E-state index >= 15 is 0 Å². The number of nitrogens with two attached hydrogens (primary N) is 1. The van der Waals surface area contributed by atoms with Crippen LogP contribution in [0.15, 0.2) is 24.7 Å². The Bertz CT molecular complexity index is 652. The molecule has 0 radical (unpaired) electrons. The number of piperidine rings is 1. The molecule has 1 atom stereocenters. The molecule has 0 aromatic carbocycles. The van der Waals surface area contributed by atoms with Crippen molar-refractivity contribution in [1.29, 1.82) is 0 Å². The summed E-state index contributed by atoms with van der Waals surface area (Å²) in [6.45, 7) is 3.84. The Labute approximate surface area is 122 Å². The fourth-order valence-corrected chi connectivity index (χ4v) is 2.64. The first-order valence-corrected chi connectivity index (χ1v) is 7.02. The van der Waals surface area contributed by atoms with E-state index in [1.807, 2.05) is 12.3 Å². The monoisotopic (exact) mass is 286 g/mol. The van der Waals surface area contributed by atoms with Gasteiger partial charge >= 0.3 is 0 Å². The lowest BCUT2D eigenvalue weighted by molar-refractivity contribution is 0.0990. The van der Waals surface area contributed by atoms with Gasteiger partial charge < -0.3 is 10.6 Å². The second kappa shape index (κ2) is 5.51. The summed E-state index contributed by atoms with van der Waals surface area (Å²) < 4.78 is 1.74. The maximum atomic E-state index is 11.1. The van der Waals surface area contributed by atoms with Crippen LogP contribution in [0.1, 0.15) is 35.1 Å². The van der Waals surface area contributed by atoms with Gasteiger partial charge in [-0.15, -0.1) is 5.10 Å². The molecule has 1 aliphatic rings. The molecule has 7 nitrogen and oxygen atoms in total. The van der Waals surface area contributed by atoms with E-state index in [-0.39, 0.29) is 11.9 Å². The van der Waals surface area contributed by atoms with E-state index in [1.54, 1.807) is 11.0 Å². The average molecular weight is 286 g/mol. The standard InChI is InChI=1S/C14H18N6O/c1-10-4-5-16-12(7-10)19-6-2-3-11(8-19)20-9-17-14(18-20)13(15)21/h4-5,7,9,11H,2-3,6,8H2,1H3,(H2,15,21)/t11-/m1/s1. The number of pyridine rings is 1. The summed E-state index contributed by atoms with van der Waals surface area (Å²) in [5.74, 6) is 0.456. The lowest BCUT2D eigenvalue weighted by Gasteiger charge is -2.33. The quantitative estimate of drug-likeness (QED) is 0.906. The summed E-state index contributed by atoms with van der Waals surface area (Å²) in [4.78, 5) is 21.7. The molecule has 1 saturated heterocycles. The van der Waals surface area contributed by atoms with Crippen molar-refractivity contribution in [2.24, 2.45) is 5.73 Å². The van der Waals surface area contributed by atoms with Crippen molar-refractivity contribution in [2.75, 3.05) is 18.0 Å². The highest BCUT2D eigenvalue weighted by Gasteiger charge is 2.23. The largest absolute Gasteiger partial charge is 0.363 e. The summed E-state index contributed by atoms with van der Waals surface area (Å²) in [5.41, 5.74) is 6.39. The minimum atomic E-state index is -0.596. The van der Waals surface area contributed by atoms with E-state index in [2.05, 4.69) is 33.0 Å². The van der Waals surface area contributed by atoms with E-state index in [0.29, 0.717) is 0 Å². The third-order valence-corrected chi connectivity index (χ3v) is 3.72. The van der Waals surface area contributed by atoms with Gasteiger partial charge in [-0.05, 0) is 37.5 Å². The average Bonchev–Trinajstić information content (AvgIpc) is 2.97. The van der Waals surface area contributed by atoms with Crippen molar-refractivity contribution >= 4 is 11.7 Å². The fraction of sp³-hybridized carbons (Fsp3) is 0.429. The number of nitrogens with zero attached hydrogens (tertiary/aromatic N) is 5. The van der Waals surface area contributed by atoms with Gasteiger partial charge in [0.25, 0.3) is 5.91 Å². The smallest absolute Gasteiger partial charge is 0.288 e. The number of amides is 1. The van der Waals surface area contributed by atoms with Crippen molar-refractivity contribution in [3.05, 3.63) is 36.0 Å². The maximum absolute atomic E-state index is 11.1. The van der Waals surface area contributed by atoms with E-state index < -0.39 is 5.91 Å². The van der Waals surface area contributed by atoms with Gasteiger partial charge in [0.05, 0.1) is 6.04 Å². The van der Waals surface area contributed by atoms with Crippen molar-refractivity contribution < 1.29 is 4.79 Å². The number of rotatable bonds is 3. The van der Waals surface area contributed by atoms with Crippen LogP contribution in [-0.2, 0) is 0 Å². The highest BCUT2D eigenvalue weighted by molar-refractivity contribution is 5.88. The van der Waals surface area contributed by atoms with E-state index in [9.17, 15) is 4.79 Å². The first-order valence-electron chi connectivity index (χ1n) is 7.02. The topological polar surface area (TPSA) is 89.9 Å². The lowest BCUT2D eigenvalue weighted by Crippen LogP contribution is -2.37. The van der Waals surface area contributed by atoms with Crippen molar-refractivity contribution in [2.45, 2.75) is 25.8 Å². The second-order valence-electron chi connectivity index (χ2n) is 5.35. The van der Waals surface area contributed by atoms with Gasteiger partial charge in [-0.1, -0.05) is 0 Å². The number of carbonyl (C=O) groups is 1. The van der Waals surface area contributed by atoms with Crippen LogP contribution in [0.4, 0.5) is 5.82 Å². The Hall–Kier alpha value is -2.44. The van der Waals surface area contributed by atoms with Gasteiger partial charge in [0, 0.05) is 19.3 Å². The van der Waals surface area contributed by atoms with Gasteiger partial charge in [0.15, 0.2) is 0 Å². The second-order valence-corrected chi connectivity index (χ2v) is 5.35. The van der Waals surface area contributed by atoms with Crippen molar-refractivity contribution in [1.82, 2.24) is 19.7 Å². The number of carbonyl (C=O) groups excluding carboxylic acids is 1. The Kier molecular flexibility index (Phi) is 3.55. The van der Waals surface area contributed by atoms with Crippen LogP contribution < -0.4 is 10.6 Å². The molecule has 1 amide bonds. The molecular weight excluding hydrogens is 268 g/mol.